The van der Waals surface area contributed by atoms with Crippen molar-refractivity contribution >= 4 is 11.3 Å². The van der Waals surface area contributed by atoms with Crippen molar-refractivity contribution in [2.24, 2.45) is 0 Å². The highest BCUT2D eigenvalue weighted by molar-refractivity contribution is 7.10. The molecular formula is C11H8N2S. The van der Waals surface area contributed by atoms with Gasteiger partial charge in [-0.2, -0.15) is 5.26 Å². The average Bonchev–Trinajstić information content (AvgIpc) is 2.66. The first-order valence-electron chi connectivity index (χ1n) is 4.22. The van der Waals surface area contributed by atoms with E-state index in [0.717, 1.165) is 16.8 Å². The van der Waals surface area contributed by atoms with Crippen LogP contribution in [-0.4, -0.2) is 4.98 Å². The molecule has 0 radical (unpaired) electrons. The standard InChI is InChI=1S/C11H8N2S/c1-8-4-2-3-5-9(8)11-10(6-12)14-7-13-11/h2-5,7H,1H3. The first-order valence-corrected chi connectivity index (χ1v) is 5.10. The Kier molecular flexibility index (Phi) is 2.30. The molecule has 0 atom stereocenters. The molecule has 0 saturated heterocycles. The van der Waals surface area contributed by atoms with Crippen LogP contribution in [0, 0.1) is 18.3 Å². The molecule has 1 aromatic carbocycles. The van der Waals surface area contributed by atoms with Crippen LogP contribution in [-0.2, 0) is 0 Å². The zero-order valence-corrected chi connectivity index (χ0v) is 8.51. The summed E-state index contributed by atoms with van der Waals surface area (Å²) in [6, 6.07) is 10.1. The Morgan fingerprint density at radius 3 is 2.86 bits per heavy atom. The third-order valence-electron chi connectivity index (χ3n) is 2.07. The van der Waals surface area contributed by atoms with E-state index >= 15 is 0 Å². The Labute approximate surface area is 86.5 Å². The minimum atomic E-state index is 0.680. The Bertz CT molecular complexity index is 494. The molecule has 0 aliphatic rings. The topological polar surface area (TPSA) is 36.7 Å². The van der Waals surface area contributed by atoms with Gasteiger partial charge in [-0.3, -0.25) is 0 Å². The van der Waals surface area contributed by atoms with Crippen LogP contribution in [0.4, 0.5) is 0 Å². The van der Waals surface area contributed by atoms with Crippen molar-refractivity contribution in [3.8, 4) is 17.3 Å². The van der Waals surface area contributed by atoms with Crippen LogP contribution in [0.2, 0.25) is 0 Å². The third-order valence-corrected chi connectivity index (χ3v) is 2.80. The summed E-state index contributed by atoms with van der Waals surface area (Å²) >= 11 is 1.38. The SMILES string of the molecule is Cc1ccccc1-c1ncsc1C#N. The zero-order chi connectivity index (χ0) is 9.97. The largest absolute Gasteiger partial charge is 0.243 e. The lowest BCUT2D eigenvalue weighted by Gasteiger charge is -2.01. The van der Waals surface area contributed by atoms with E-state index in [1.165, 1.54) is 11.3 Å². The van der Waals surface area contributed by atoms with E-state index < -0.39 is 0 Å². The van der Waals surface area contributed by atoms with Crippen LogP contribution in [0.5, 0.6) is 0 Å². The molecule has 0 unspecified atom stereocenters. The quantitative estimate of drug-likeness (QED) is 0.709. The van der Waals surface area contributed by atoms with E-state index in [0.29, 0.717) is 4.88 Å². The van der Waals surface area contributed by atoms with Crippen LogP contribution in [0.25, 0.3) is 11.3 Å². The Morgan fingerprint density at radius 2 is 2.14 bits per heavy atom. The van der Waals surface area contributed by atoms with Crippen LogP contribution in [0.15, 0.2) is 29.8 Å². The second-order valence-electron chi connectivity index (χ2n) is 2.96. The van der Waals surface area contributed by atoms with Crippen LogP contribution in [0.1, 0.15) is 10.4 Å². The fourth-order valence-electron chi connectivity index (χ4n) is 1.36. The number of thiazole rings is 1. The summed E-state index contributed by atoms with van der Waals surface area (Å²) in [6.07, 6.45) is 0. The van der Waals surface area contributed by atoms with Gasteiger partial charge >= 0.3 is 0 Å². The fraction of sp³-hybridized carbons (Fsp3) is 0.0909. The minimum Gasteiger partial charge on any atom is -0.243 e. The highest BCUT2D eigenvalue weighted by atomic mass is 32.1. The van der Waals surface area contributed by atoms with E-state index in [1.54, 1.807) is 5.51 Å². The number of hydrogen-bond donors (Lipinski definition) is 0. The van der Waals surface area contributed by atoms with Gasteiger partial charge in [-0.25, -0.2) is 4.98 Å². The molecule has 1 aromatic heterocycles. The Hall–Kier alpha value is -1.66. The monoisotopic (exact) mass is 200 g/mol. The number of benzene rings is 1. The predicted molar refractivity (Wildman–Crippen MR) is 57.0 cm³/mol. The first kappa shape index (κ1) is 8.92. The molecule has 1 heterocycles. The molecule has 0 saturated carbocycles. The van der Waals surface area contributed by atoms with Crippen molar-refractivity contribution in [3.63, 3.8) is 0 Å². The summed E-state index contributed by atoms with van der Waals surface area (Å²) in [5.41, 5.74) is 4.70. The highest BCUT2D eigenvalue weighted by Crippen LogP contribution is 2.26. The maximum atomic E-state index is 8.88. The predicted octanol–water partition coefficient (Wildman–Crippen LogP) is 2.99. The van der Waals surface area contributed by atoms with Gasteiger partial charge in [0, 0.05) is 5.56 Å². The lowest BCUT2D eigenvalue weighted by atomic mass is 10.1. The average molecular weight is 200 g/mol. The summed E-state index contributed by atoms with van der Waals surface area (Å²) < 4.78 is 0. The molecule has 0 aliphatic heterocycles. The highest BCUT2D eigenvalue weighted by Gasteiger charge is 2.09. The van der Waals surface area contributed by atoms with Crippen molar-refractivity contribution in [1.29, 1.82) is 5.26 Å². The lowest BCUT2D eigenvalue weighted by molar-refractivity contribution is 1.36. The number of aryl methyl sites for hydroxylation is 1. The van der Waals surface area contributed by atoms with Gasteiger partial charge in [0.2, 0.25) is 0 Å². The molecule has 2 nitrogen and oxygen atoms in total. The smallest absolute Gasteiger partial charge is 0.132 e. The van der Waals surface area contributed by atoms with E-state index in [9.17, 15) is 0 Å². The molecule has 2 rings (SSSR count). The Balaban J connectivity index is 2.62. The molecule has 0 amide bonds. The summed E-state index contributed by atoms with van der Waals surface area (Å²) in [5, 5.41) is 8.88. The number of nitriles is 1. The van der Waals surface area contributed by atoms with Crippen LogP contribution in [0.3, 0.4) is 0 Å². The third kappa shape index (κ3) is 1.40. The molecule has 0 fully saturated rings. The second kappa shape index (κ2) is 3.60. The van der Waals surface area contributed by atoms with Crippen molar-refractivity contribution in [2.75, 3.05) is 0 Å². The van der Waals surface area contributed by atoms with Gasteiger partial charge in [0.05, 0.1) is 11.2 Å². The number of rotatable bonds is 1. The first-order chi connectivity index (χ1) is 6.83. The molecule has 0 bridgehead atoms. The van der Waals surface area contributed by atoms with Crippen LogP contribution >= 0.6 is 11.3 Å². The second-order valence-corrected chi connectivity index (χ2v) is 3.81. The van der Waals surface area contributed by atoms with E-state index in [2.05, 4.69) is 11.1 Å². The van der Waals surface area contributed by atoms with E-state index in [4.69, 9.17) is 5.26 Å². The van der Waals surface area contributed by atoms with Gasteiger partial charge in [0.25, 0.3) is 0 Å². The molecule has 14 heavy (non-hydrogen) atoms. The number of hydrogen-bond acceptors (Lipinski definition) is 3. The summed E-state index contributed by atoms with van der Waals surface area (Å²) in [4.78, 5) is 4.89. The zero-order valence-electron chi connectivity index (χ0n) is 7.69. The van der Waals surface area contributed by atoms with Crippen LogP contribution < -0.4 is 0 Å². The molecule has 2 aromatic rings. The van der Waals surface area contributed by atoms with Gasteiger partial charge in [-0.1, -0.05) is 24.3 Å². The van der Waals surface area contributed by atoms with Gasteiger partial charge in [0.15, 0.2) is 0 Å². The van der Waals surface area contributed by atoms with Gasteiger partial charge < -0.3 is 0 Å². The normalized spacial score (nSPS) is 9.71. The number of aromatic nitrogens is 1. The molecule has 0 N–H and O–H groups in total. The fourth-order valence-corrected chi connectivity index (χ4v) is 1.95. The van der Waals surface area contributed by atoms with Gasteiger partial charge in [0.1, 0.15) is 10.9 Å². The molecule has 0 aliphatic carbocycles. The van der Waals surface area contributed by atoms with Crippen molar-refractivity contribution in [3.05, 3.63) is 40.2 Å². The maximum Gasteiger partial charge on any atom is 0.132 e. The summed E-state index contributed by atoms with van der Waals surface area (Å²) in [5.74, 6) is 0. The summed E-state index contributed by atoms with van der Waals surface area (Å²) in [6.45, 7) is 2.02. The van der Waals surface area contributed by atoms with Gasteiger partial charge in [-0.05, 0) is 12.5 Å². The minimum absolute atomic E-state index is 0.680. The molecule has 3 heteroatoms. The number of nitrogens with zero attached hydrogens (tertiary/aromatic N) is 2. The maximum absolute atomic E-state index is 8.88. The molecule has 68 valence electrons. The van der Waals surface area contributed by atoms with E-state index in [-0.39, 0.29) is 0 Å². The summed E-state index contributed by atoms with van der Waals surface area (Å²) in [7, 11) is 0. The van der Waals surface area contributed by atoms with Crippen molar-refractivity contribution in [1.82, 2.24) is 4.98 Å². The molecular weight excluding hydrogens is 192 g/mol. The van der Waals surface area contributed by atoms with Crippen molar-refractivity contribution in [2.45, 2.75) is 6.92 Å². The molecule has 0 spiro atoms. The van der Waals surface area contributed by atoms with E-state index in [1.807, 2.05) is 31.2 Å². The Morgan fingerprint density at radius 1 is 1.36 bits per heavy atom. The van der Waals surface area contributed by atoms with Gasteiger partial charge in [-0.15, -0.1) is 11.3 Å². The van der Waals surface area contributed by atoms with Crippen molar-refractivity contribution < 1.29 is 0 Å². The lowest BCUT2D eigenvalue weighted by Crippen LogP contribution is -1.84.